The van der Waals surface area contributed by atoms with Crippen LogP contribution in [-0.2, 0) is 16.2 Å². The Morgan fingerprint density at radius 1 is 0.540 bits per heavy atom. The zero-order valence-corrected chi connectivity index (χ0v) is 37.4. The molecule has 4 heterocycles. The molecule has 0 aliphatic carbocycles. The van der Waals surface area contributed by atoms with E-state index in [4.69, 9.17) is 24.4 Å². The SMILES string of the molecule is CC(C)(C)c1cc(-c2cc(C(C)(C)C)cc3nccnc23)cc(-c2nc3c(-c4c(O)ccc5c4oc4ccccc45)cncc3n2-c2ccc(C(C)(C)C)cc2-c2ccccc2)c1. The van der Waals surface area contributed by atoms with Crippen molar-refractivity contribution in [2.75, 3.05) is 0 Å². The van der Waals surface area contributed by atoms with Crippen LogP contribution in [0.4, 0.5) is 0 Å². The van der Waals surface area contributed by atoms with Gasteiger partial charge < -0.3 is 9.52 Å². The van der Waals surface area contributed by atoms with E-state index in [0.717, 1.165) is 77.8 Å². The van der Waals surface area contributed by atoms with Crippen LogP contribution in [0.25, 0.3) is 94.5 Å². The first-order chi connectivity index (χ1) is 30.0. The fourth-order valence-corrected chi connectivity index (χ4v) is 8.77. The summed E-state index contributed by atoms with van der Waals surface area (Å²) >= 11 is 0. The zero-order valence-electron chi connectivity index (χ0n) is 37.4. The lowest BCUT2D eigenvalue weighted by atomic mass is 9.82. The van der Waals surface area contributed by atoms with Crippen molar-refractivity contribution < 1.29 is 9.52 Å². The summed E-state index contributed by atoms with van der Waals surface area (Å²) in [5.74, 6) is 0.834. The van der Waals surface area contributed by atoms with Gasteiger partial charge in [-0.2, -0.15) is 0 Å². The van der Waals surface area contributed by atoms with Gasteiger partial charge >= 0.3 is 0 Å². The lowest BCUT2D eigenvalue weighted by molar-refractivity contribution is 0.477. The predicted molar refractivity (Wildman–Crippen MR) is 259 cm³/mol. The summed E-state index contributed by atoms with van der Waals surface area (Å²) in [4.78, 5) is 20.3. The van der Waals surface area contributed by atoms with E-state index >= 15 is 0 Å². The van der Waals surface area contributed by atoms with Gasteiger partial charge in [-0.3, -0.25) is 19.5 Å². The van der Waals surface area contributed by atoms with Crippen molar-refractivity contribution in [3.8, 4) is 56.2 Å². The summed E-state index contributed by atoms with van der Waals surface area (Å²) in [6.07, 6.45) is 7.23. The first kappa shape index (κ1) is 40.0. The van der Waals surface area contributed by atoms with Crippen molar-refractivity contribution in [2.24, 2.45) is 0 Å². The topological polar surface area (TPSA) is 89.9 Å². The van der Waals surface area contributed by atoms with Crippen molar-refractivity contribution in [2.45, 2.75) is 78.6 Å². The molecule has 1 N–H and O–H groups in total. The van der Waals surface area contributed by atoms with E-state index in [9.17, 15) is 5.11 Å². The molecule has 7 nitrogen and oxygen atoms in total. The minimum absolute atomic E-state index is 0.0928. The third-order valence-corrected chi connectivity index (χ3v) is 12.4. The van der Waals surface area contributed by atoms with Crippen LogP contribution in [0.2, 0.25) is 0 Å². The predicted octanol–water partition coefficient (Wildman–Crippen LogP) is 14.5. The number of furan rings is 1. The molecule has 6 aromatic carbocycles. The number of aromatic nitrogens is 5. The van der Waals surface area contributed by atoms with Gasteiger partial charge in [-0.25, -0.2) is 4.98 Å². The number of rotatable bonds is 5. The van der Waals surface area contributed by atoms with E-state index < -0.39 is 0 Å². The highest BCUT2D eigenvalue weighted by Gasteiger charge is 2.28. The van der Waals surface area contributed by atoms with Crippen molar-refractivity contribution in [1.29, 1.82) is 0 Å². The number of nitrogens with zero attached hydrogens (tertiary/aromatic N) is 5. The molecule has 0 saturated heterocycles. The molecule has 312 valence electrons. The van der Waals surface area contributed by atoms with Gasteiger partial charge in [-0.1, -0.05) is 123 Å². The normalized spacial score (nSPS) is 12.6. The number of phenolic OH excluding ortho intramolecular Hbond substituents is 1. The summed E-state index contributed by atoms with van der Waals surface area (Å²) in [5, 5.41) is 13.7. The van der Waals surface area contributed by atoms with Crippen LogP contribution in [0.3, 0.4) is 0 Å². The molecular weight excluding hydrogens is 775 g/mol. The van der Waals surface area contributed by atoms with Crippen LogP contribution in [0.15, 0.2) is 144 Å². The summed E-state index contributed by atoms with van der Waals surface area (Å²) in [6, 6.07) is 40.2. The Hall–Kier alpha value is -7.12. The maximum absolute atomic E-state index is 11.8. The van der Waals surface area contributed by atoms with Gasteiger partial charge in [0.1, 0.15) is 28.3 Å². The van der Waals surface area contributed by atoms with Gasteiger partial charge in [0.2, 0.25) is 0 Å². The highest BCUT2D eigenvalue weighted by molar-refractivity contribution is 6.13. The average molecular weight is 826 g/mol. The number of imidazole rings is 1. The lowest BCUT2D eigenvalue weighted by Crippen LogP contribution is -2.13. The molecule has 0 saturated carbocycles. The second-order valence-electron chi connectivity index (χ2n) is 19.9. The molecule has 0 unspecified atom stereocenters. The maximum atomic E-state index is 11.8. The minimum atomic E-state index is -0.219. The summed E-state index contributed by atoms with van der Waals surface area (Å²) in [6.45, 7) is 20.2. The van der Waals surface area contributed by atoms with Gasteiger partial charge in [0.05, 0.1) is 34.0 Å². The van der Waals surface area contributed by atoms with E-state index in [1.54, 1.807) is 24.7 Å². The van der Waals surface area contributed by atoms with Gasteiger partial charge in [0, 0.05) is 51.6 Å². The molecule has 0 aliphatic heterocycles. The number of fused-ring (bicyclic) bond motifs is 5. The van der Waals surface area contributed by atoms with Gasteiger partial charge in [0.15, 0.2) is 0 Å². The molecule has 0 atom stereocenters. The second-order valence-corrected chi connectivity index (χ2v) is 19.9. The molecular formula is C56H51N5O2. The molecule has 7 heteroatoms. The number of hydrogen-bond acceptors (Lipinski definition) is 6. The number of pyridine rings is 1. The third-order valence-electron chi connectivity index (χ3n) is 12.4. The summed E-state index contributed by atoms with van der Waals surface area (Å²) in [7, 11) is 0. The summed E-state index contributed by atoms with van der Waals surface area (Å²) < 4.78 is 8.80. The Balaban J connectivity index is 1.33. The van der Waals surface area contributed by atoms with Crippen LogP contribution in [0.5, 0.6) is 5.75 Å². The Kier molecular flexibility index (Phi) is 9.19. The van der Waals surface area contributed by atoms with E-state index in [-0.39, 0.29) is 22.0 Å². The largest absolute Gasteiger partial charge is 0.507 e. The molecule has 0 radical (unpaired) electrons. The molecule has 0 bridgehead atoms. The average Bonchev–Trinajstić information content (AvgIpc) is 3.84. The molecule has 0 spiro atoms. The van der Waals surface area contributed by atoms with Gasteiger partial charge in [-0.05, 0) is 98.7 Å². The number of para-hydroxylation sites is 1. The van der Waals surface area contributed by atoms with Crippen molar-refractivity contribution in [3.05, 3.63) is 157 Å². The second kappa shape index (κ2) is 14.5. The van der Waals surface area contributed by atoms with Crippen LogP contribution < -0.4 is 0 Å². The zero-order chi connectivity index (χ0) is 44.0. The van der Waals surface area contributed by atoms with Crippen LogP contribution in [0, 0.1) is 0 Å². The standard InChI is InChI=1S/C56H51N5O2/c1-54(2,3)36-19-21-45(41(28-36)33-15-11-10-12-16-33)61-46-32-57-31-43(49-47(62)22-20-40-39-17-13-14-18-48(39)63-52(40)49)51(46)60-53(61)35-25-34(26-37(27-35)55(4,5)6)42-29-38(56(7,8)9)30-44-50(42)59-24-23-58-44/h10-32,62H,1-9H3. The van der Waals surface area contributed by atoms with Crippen molar-refractivity contribution >= 4 is 44.0 Å². The lowest BCUT2D eigenvalue weighted by Gasteiger charge is -2.24. The highest BCUT2D eigenvalue weighted by Crippen LogP contribution is 2.46. The van der Waals surface area contributed by atoms with E-state index in [1.165, 1.54) is 11.1 Å². The molecule has 0 fully saturated rings. The Labute approximate surface area is 368 Å². The molecule has 10 rings (SSSR count). The van der Waals surface area contributed by atoms with E-state index in [0.29, 0.717) is 22.2 Å². The van der Waals surface area contributed by atoms with E-state index in [1.807, 2.05) is 36.5 Å². The van der Waals surface area contributed by atoms with Gasteiger partial charge in [0.25, 0.3) is 0 Å². The van der Waals surface area contributed by atoms with Crippen molar-refractivity contribution in [1.82, 2.24) is 24.5 Å². The first-order valence-corrected chi connectivity index (χ1v) is 21.7. The molecule has 10 aromatic rings. The molecule has 63 heavy (non-hydrogen) atoms. The Morgan fingerprint density at radius 2 is 1.22 bits per heavy atom. The highest BCUT2D eigenvalue weighted by atomic mass is 16.3. The Bertz CT molecular complexity index is 3410. The smallest absolute Gasteiger partial charge is 0.147 e. The van der Waals surface area contributed by atoms with Crippen LogP contribution in [0.1, 0.15) is 79.0 Å². The van der Waals surface area contributed by atoms with E-state index in [2.05, 4.69) is 146 Å². The molecule has 4 aromatic heterocycles. The third kappa shape index (κ3) is 6.92. The minimum Gasteiger partial charge on any atom is -0.507 e. The number of benzene rings is 6. The number of aromatic hydroxyl groups is 1. The maximum Gasteiger partial charge on any atom is 0.147 e. The molecule has 0 amide bonds. The Morgan fingerprint density at radius 3 is 1.98 bits per heavy atom. The van der Waals surface area contributed by atoms with Gasteiger partial charge in [-0.15, -0.1) is 0 Å². The quantitative estimate of drug-likeness (QED) is 0.186. The number of phenols is 1. The fourth-order valence-electron chi connectivity index (χ4n) is 8.77. The van der Waals surface area contributed by atoms with Crippen LogP contribution in [-0.4, -0.2) is 29.6 Å². The van der Waals surface area contributed by atoms with Crippen LogP contribution >= 0.6 is 0 Å². The summed E-state index contributed by atoms with van der Waals surface area (Å²) in [5.41, 5.74) is 15.0. The molecule has 0 aliphatic rings. The fraction of sp³-hybridized carbons (Fsp3) is 0.214. The first-order valence-electron chi connectivity index (χ1n) is 21.7. The monoisotopic (exact) mass is 825 g/mol. The number of hydrogen-bond donors (Lipinski definition) is 1. The van der Waals surface area contributed by atoms with Crippen molar-refractivity contribution in [3.63, 3.8) is 0 Å².